The zero-order chi connectivity index (χ0) is 101. The van der Waals surface area contributed by atoms with Crippen molar-refractivity contribution in [3.05, 3.63) is 23.8 Å². The molecule has 2 fully saturated rings. The van der Waals surface area contributed by atoms with Crippen LogP contribution < -0.4 is 10.6 Å². The van der Waals surface area contributed by atoms with E-state index in [2.05, 4.69) is 59.0 Å². The van der Waals surface area contributed by atoms with Gasteiger partial charge >= 0.3 is 0 Å². The molecule has 0 unspecified atom stereocenters. The monoisotopic (exact) mass is 1980 g/mol. The molecule has 2 amide bonds. The second kappa shape index (κ2) is 90.7. The Balaban J connectivity index is 1.13. The first-order valence-corrected chi connectivity index (χ1v) is 60.2. The summed E-state index contributed by atoms with van der Waals surface area (Å²) in [5, 5.41) is 136. The van der Waals surface area contributed by atoms with Gasteiger partial charge in [0.15, 0.2) is 12.6 Å². The number of unbranched alkanes of at least 4 members (excludes halogenated alkanes) is 75. The van der Waals surface area contributed by atoms with Crippen molar-refractivity contribution in [2.75, 3.05) is 13.2 Å². The highest BCUT2D eigenvalue weighted by Crippen LogP contribution is 2.30. The third kappa shape index (κ3) is 66.9. The van der Waals surface area contributed by atoms with Crippen molar-refractivity contribution >= 4 is 11.8 Å². The van der Waals surface area contributed by atoms with E-state index in [1.54, 1.807) is 9.36 Å². The Kier molecular flexibility index (Phi) is 83.6. The van der Waals surface area contributed by atoms with Gasteiger partial charge in [-0.05, 0) is 51.4 Å². The lowest BCUT2D eigenvalue weighted by Crippen LogP contribution is -2.60. The number of aryl methyl sites for hydroxylation is 2. The molecule has 12 N–H and O–H groups in total. The maximum absolute atomic E-state index is 13.6. The fraction of sp³-hybridized carbons (Fsp3) is 0.948. The Morgan fingerprint density at radius 3 is 0.707 bits per heavy atom. The maximum Gasteiger partial charge on any atom is 0.220 e. The number of carbonyl (C=O) groups is 2. The maximum atomic E-state index is 13.6. The number of hydrogen-bond donors (Lipinski definition) is 12. The standard InChI is InChI=1S/C116H222N8O16/c1-5-9-13-17-21-25-29-33-35-37-39-41-43-45-47-49-51-53-57-65-71-77-83-89-105(127)117-99(107(129)101(125)87-81-75-69-63-55-31-27-23-19-15-11-7-3)95-137-115-113(135)111(133)109(131)103(139-115)93-123-91-97(119-121-123)85-79-73-67-61-59-60-62-68-74-80-86-98-92-124(122-120-98)94-104-110(132)112(134)114(136)116(140-104)138-96-100(108(130)102(126)88-82-76-70-64-56-32-28-24-20-16-12-8-4)118-106(128)90-84-78-72-66-58-54-52-50-48-46-44-42-40-38-36-34-30-26-22-18-14-10-6-2/h91-92,99-104,107-116,125-126,129-136H,5-90,93-96H2,1-4H3,(H,117,127)(H,118,128)/t99-,100-,101+,102+,103+,104+,107-,108-,109-,110-,111-,112-,113+,114+,115-,116-/m0/s1. The minimum Gasteiger partial charge on any atom is -0.390 e. The van der Waals surface area contributed by atoms with E-state index in [1.807, 2.05) is 12.4 Å². The number of nitrogens with zero attached hydrogens (tertiary/aromatic N) is 6. The lowest BCUT2D eigenvalue weighted by Gasteiger charge is -2.40. The Labute approximate surface area is 855 Å². The minimum atomic E-state index is -1.63. The van der Waals surface area contributed by atoms with Crippen molar-refractivity contribution in [3.63, 3.8) is 0 Å². The van der Waals surface area contributed by atoms with Gasteiger partial charge in [0, 0.05) is 25.2 Å². The number of hydrogen-bond acceptors (Lipinski definition) is 20. The van der Waals surface area contributed by atoms with E-state index in [0.717, 1.165) is 178 Å². The Morgan fingerprint density at radius 2 is 0.486 bits per heavy atom. The summed E-state index contributed by atoms with van der Waals surface area (Å²) in [5.41, 5.74) is 1.58. The second-order valence-electron chi connectivity index (χ2n) is 43.5. The molecule has 0 radical (unpaired) electrons. The van der Waals surface area contributed by atoms with Crippen molar-refractivity contribution in [3.8, 4) is 0 Å². The summed E-state index contributed by atoms with van der Waals surface area (Å²) >= 11 is 0. The molecular weight excluding hydrogens is 1760 g/mol. The summed E-state index contributed by atoms with van der Waals surface area (Å²) in [7, 11) is 0. The van der Waals surface area contributed by atoms with E-state index >= 15 is 0 Å². The van der Waals surface area contributed by atoms with Crippen molar-refractivity contribution in [2.45, 2.75) is 691 Å². The van der Waals surface area contributed by atoms with E-state index in [-0.39, 0.29) is 51.0 Å². The molecule has 2 aliphatic heterocycles. The van der Waals surface area contributed by atoms with Crippen molar-refractivity contribution in [1.29, 1.82) is 0 Å². The van der Waals surface area contributed by atoms with Gasteiger partial charge in [0.1, 0.15) is 61.0 Å². The molecule has 16 atom stereocenters. The highest BCUT2D eigenvalue weighted by molar-refractivity contribution is 5.76. The number of aliphatic hydroxyl groups is 10. The van der Waals surface area contributed by atoms with E-state index in [0.29, 0.717) is 25.7 Å². The summed E-state index contributed by atoms with van der Waals surface area (Å²) in [6, 6.07) is -2.05. The van der Waals surface area contributed by atoms with Crippen LogP contribution in [-0.2, 0) is 54.5 Å². The van der Waals surface area contributed by atoms with Gasteiger partial charge in [-0.15, -0.1) is 10.2 Å². The average molecular weight is 1990 g/mol. The Bertz CT molecular complexity index is 2840. The van der Waals surface area contributed by atoms with Crippen LogP contribution in [-0.4, -0.2) is 204 Å². The van der Waals surface area contributed by atoms with Gasteiger partial charge < -0.3 is 80.6 Å². The van der Waals surface area contributed by atoms with Crippen molar-refractivity contribution in [2.24, 2.45) is 0 Å². The predicted octanol–water partition coefficient (Wildman–Crippen LogP) is 25.6. The van der Waals surface area contributed by atoms with Crippen LogP contribution in [0, 0.1) is 0 Å². The first-order chi connectivity index (χ1) is 68.5. The molecular formula is C116H222N8O16. The molecule has 2 saturated heterocycles. The molecule has 0 aromatic carbocycles. The van der Waals surface area contributed by atoms with Crippen LogP contribution in [0.3, 0.4) is 0 Å². The number of rotatable bonds is 103. The normalized spacial score (nSPS) is 19.8. The molecule has 140 heavy (non-hydrogen) atoms. The van der Waals surface area contributed by atoms with Gasteiger partial charge in [0.25, 0.3) is 0 Å². The molecule has 2 aliphatic rings. The van der Waals surface area contributed by atoms with Crippen LogP contribution in [0.4, 0.5) is 0 Å². The molecule has 0 spiro atoms. The fourth-order valence-corrected chi connectivity index (χ4v) is 20.7. The zero-order valence-electron chi connectivity index (χ0n) is 90.6. The largest absolute Gasteiger partial charge is 0.390 e. The number of nitrogens with one attached hydrogen (secondary N) is 2. The topological polar surface area (TPSA) is 359 Å². The second-order valence-corrected chi connectivity index (χ2v) is 43.5. The van der Waals surface area contributed by atoms with Crippen LogP contribution in [0.25, 0.3) is 0 Å². The molecule has 4 heterocycles. The first kappa shape index (κ1) is 129. The SMILES string of the molecule is CCCCCCCCCCCCCCCCCCCCCCCCCC(=O)N[C@@H](CO[C@H]1O[C@H](Cn2cc(CCCCCCCCCCCCc3cn(C[C@H]4O[C@H](OC[C@H](NC(=O)CCCCCCCCCCCCCCCCCCCCCCCCC)[C@H](O)[C@H](O)CCCCCCCCCCCCCC)[C@H](O)[C@@H](O)[C@H]4O)nn3)nn2)[C@H](O)[C@H](O)[C@H]1O)[C@H](O)[C@H](O)CCCCCCCCCCCCCC. The molecule has 24 heteroatoms. The highest BCUT2D eigenvalue weighted by atomic mass is 16.7. The zero-order valence-corrected chi connectivity index (χ0v) is 90.6. The Hall–Kier alpha value is -3.34. The van der Waals surface area contributed by atoms with Gasteiger partial charge in [-0.1, -0.05) is 526 Å². The summed E-state index contributed by atoms with van der Waals surface area (Å²) in [5.74, 6) is -0.511. The van der Waals surface area contributed by atoms with Crippen LogP contribution in [0.5, 0.6) is 0 Å². The molecule has 24 nitrogen and oxygen atoms in total. The van der Waals surface area contributed by atoms with Gasteiger partial charge in [-0.2, -0.15) is 0 Å². The van der Waals surface area contributed by atoms with Gasteiger partial charge in [-0.3, -0.25) is 9.59 Å². The van der Waals surface area contributed by atoms with Crippen LogP contribution in [0.1, 0.15) is 578 Å². The Morgan fingerprint density at radius 1 is 0.286 bits per heavy atom. The number of aliphatic hydroxyl groups excluding tert-OH is 10. The number of aromatic nitrogens is 6. The molecule has 0 saturated carbocycles. The minimum absolute atomic E-state index is 0.0205. The number of carbonyl (C=O) groups excluding carboxylic acids is 2. The van der Waals surface area contributed by atoms with Crippen molar-refractivity contribution < 1.29 is 79.6 Å². The van der Waals surface area contributed by atoms with Crippen LogP contribution in [0.15, 0.2) is 12.4 Å². The van der Waals surface area contributed by atoms with E-state index in [1.165, 1.54) is 347 Å². The van der Waals surface area contributed by atoms with Gasteiger partial charge in [0.05, 0.1) is 62.0 Å². The summed E-state index contributed by atoms with van der Waals surface area (Å²) < 4.78 is 27.6. The molecule has 0 aliphatic carbocycles. The van der Waals surface area contributed by atoms with Crippen molar-refractivity contribution in [1.82, 2.24) is 40.6 Å². The van der Waals surface area contributed by atoms with E-state index in [9.17, 15) is 60.7 Å². The number of amides is 2. The number of ether oxygens (including phenoxy) is 4. The molecule has 2 aromatic rings. The lowest BCUT2D eigenvalue weighted by atomic mass is 9.98. The smallest absolute Gasteiger partial charge is 0.220 e. The average Bonchev–Trinajstić information content (AvgIpc) is 1.24. The molecule has 0 bridgehead atoms. The predicted molar refractivity (Wildman–Crippen MR) is 571 cm³/mol. The molecule has 2 aromatic heterocycles. The third-order valence-corrected chi connectivity index (χ3v) is 30.3. The lowest BCUT2D eigenvalue weighted by molar-refractivity contribution is -0.301. The molecule has 822 valence electrons. The van der Waals surface area contributed by atoms with Gasteiger partial charge in [-0.25, -0.2) is 9.36 Å². The van der Waals surface area contributed by atoms with E-state index in [4.69, 9.17) is 18.9 Å². The third-order valence-electron chi connectivity index (χ3n) is 30.3. The van der Waals surface area contributed by atoms with Gasteiger partial charge in [0.2, 0.25) is 11.8 Å². The highest BCUT2D eigenvalue weighted by Gasteiger charge is 2.47. The van der Waals surface area contributed by atoms with Crippen LogP contribution in [0.2, 0.25) is 0 Å². The van der Waals surface area contributed by atoms with E-state index < -0.39 is 97.9 Å². The first-order valence-electron chi connectivity index (χ1n) is 60.2. The summed E-state index contributed by atoms with van der Waals surface area (Å²) in [6.45, 7) is 8.47. The van der Waals surface area contributed by atoms with Crippen LogP contribution >= 0.6 is 0 Å². The fourth-order valence-electron chi connectivity index (χ4n) is 20.7. The summed E-state index contributed by atoms with van der Waals surface area (Å²) in [6.07, 6.45) is 85.3. The summed E-state index contributed by atoms with van der Waals surface area (Å²) in [4.78, 5) is 27.2. The quantitative estimate of drug-likeness (QED) is 0.0274. The molecule has 4 rings (SSSR count).